The van der Waals surface area contributed by atoms with Gasteiger partial charge in [0.1, 0.15) is 48.0 Å². The normalized spacial score (nSPS) is 25.4. The quantitative estimate of drug-likeness (QED) is 0.108. The number of unbranched alkanes of at least 4 members (excludes halogenated alkanes) is 1. The number of aromatic amines is 1. The lowest BCUT2D eigenvalue weighted by Crippen LogP contribution is -2.61. The molecule has 340 valence electrons. The predicted molar refractivity (Wildman–Crippen MR) is 224 cm³/mol. The highest BCUT2D eigenvalue weighted by Crippen LogP contribution is 2.21. The molecule has 2 saturated heterocycles. The van der Waals surface area contributed by atoms with Gasteiger partial charge in [-0.15, -0.1) is 0 Å². The van der Waals surface area contributed by atoms with Crippen LogP contribution >= 0.6 is 0 Å². The molecule has 20 heteroatoms. The third-order valence-corrected chi connectivity index (χ3v) is 11.3. The average Bonchev–Trinajstić information content (AvgIpc) is 3.95. The van der Waals surface area contributed by atoms with E-state index in [1.807, 2.05) is 6.92 Å². The number of phenolic OH excluding ortho intramolecular Hbond substituents is 1. The smallest absolute Gasteiger partial charge is 0.303 e. The summed E-state index contributed by atoms with van der Waals surface area (Å²) in [5.74, 6) is -7.49. The Morgan fingerprint density at radius 1 is 0.774 bits per heavy atom. The van der Waals surface area contributed by atoms with Gasteiger partial charge in [0.2, 0.25) is 41.4 Å². The van der Waals surface area contributed by atoms with Crippen LogP contribution in [0.5, 0.6) is 5.75 Å². The molecule has 8 atom stereocenters. The number of H-pyrrole nitrogens is 1. The third-order valence-electron chi connectivity index (χ3n) is 11.3. The number of rotatable bonds is 14. The second kappa shape index (κ2) is 23.2. The van der Waals surface area contributed by atoms with Crippen molar-refractivity contribution >= 4 is 47.3 Å². The second-order valence-electron chi connectivity index (χ2n) is 16.4. The lowest BCUT2D eigenvalue weighted by molar-refractivity contribution is -0.143. The van der Waals surface area contributed by atoms with Crippen LogP contribution < -0.4 is 37.6 Å². The van der Waals surface area contributed by atoms with E-state index in [0.29, 0.717) is 43.5 Å². The molecule has 0 aliphatic carbocycles. The van der Waals surface area contributed by atoms with Crippen molar-refractivity contribution in [3.05, 3.63) is 48.0 Å². The van der Waals surface area contributed by atoms with Gasteiger partial charge in [-0.3, -0.25) is 38.4 Å². The van der Waals surface area contributed by atoms with Crippen LogP contribution in [-0.2, 0) is 51.2 Å². The van der Waals surface area contributed by atoms with Crippen molar-refractivity contribution in [1.29, 1.82) is 0 Å². The largest absolute Gasteiger partial charge is 0.508 e. The Bertz CT molecular complexity index is 1870. The van der Waals surface area contributed by atoms with E-state index in [1.165, 1.54) is 29.6 Å². The molecule has 1 aromatic heterocycles. The summed E-state index contributed by atoms with van der Waals surface area (Å²) in [5, 5.41) is 35.8. The van der Waals surface area contributed by atoms with Crippen LogP contribution in [0.4, 0.5) is 0 Å². The highest BCUT2D eigenvalue weighted by molar-refractivity contribution is 5.99. The Morgan fingerprint density at radius 3 is 2.00 bits per heavy atom. The lowest BCUT2D eigenvalue weighted by atomic mass is 9.96. The van der Waals surface area contributed by atoms with Gasteiger partial charge in [0, 0.05) is 37.7 Å². The number of nitrogens with one attached hydrogen (secondary N) is 7. The van der Waals surface area contributed by atoms with E-state index in [4.69, 9.17) is 5.73 Å². The van der Waals surface area contributed by atoms with Crippen LogP contribution in [0.25, 0.3) is 0 Å². The molecule has 62 heavy (non-hydrogen) atoms. The maximum absolute atomic E-state index is 14.5. The van der Waals surface area contributed by atoms with Gasteiger partial charge in [-0.25, -0.2) is 4.98 Å². The molecule has 0 bridgehead atoms. The number of aromatic nitrogens is 2. The molecule has 0 radical (unpaired) electrons. The van der Waals surface area contributed by atoms with Crippen LogP contribution in [-0.4, -0.2) is 128 Å². The summed E-state index contributed by atoms with van der Waals surface area (Å²) in [6.07, 6.45) is 3.97. The number of nitrogens with two attached hydrogens (primary N) is 1. The molecule has 0 saturated carbocycles. The Labute approximate surface area is 360 Å². The fourth-order valence-electron chi connectivity index (χ4n) is 7.50. The minimum absolute atomic E-state index is 0.0312. The number of imidazole rings is 1. The van der Waals surface area contributed by atoms with E-state index in [-0.39, 0.29) is 44.4 Å². The molecule has 11 N–H and O–H groups in total. The van der Waals surface area contributed by atoms with Gasteiger partial charge < -0.3 is 57.7 Å². The molecule has 2 aliphatic rings. The van der Waals surface area contributed by atoms with Crippen LogP contribution in [0.1, 0.15) is 90.3 Å². The molecule has 1 aromatic carbocycles. The fraction of sp³-hybridized carbons (Fsp3) is 0.595. The third kappa shape index (κ3) is 13.7. The zero-order valence-corrected chi connectivity index (χ0v) is 35.8. The molecule has 4 rings (SSSR count). The van der Waals surface area contributed by atoms with Crippen LogP contribution in [0.2, 0.25) is 0 Å². The minimum atomic E-state index is -1.46. The first-order chi connectivity index (χ1) is 29.5. The van der Waals surface area contributed by atoms with Crippen molar-refractivity contribution in [3.8, 4) is 5.75 Å². The van der Waals surface area contributed by atoms with Crippen molar-refractivity contribution in [2.24, 2.45) is 17.6 Å². The number of aliphatic carboxylic acids is 1. The van der Waals surface area contributed by atoms with E-state index in [2.05, 4.69) is 41.9 Å². The number of hydrogen-bond acceptors (Lipinski definition) is 11. The molecular weight excluding hydrogens is 805 g/mol. The van der Waals surface area contributed by atoms with Crippen molar-refractivity contribution in [2.75, 3.05) is 13.1 Å². The number of carbonyl (C=O) groups excluding carboxylic acids is 7. The molecule has 0 spiro atoms. The van der Waals surface area contributed by atoms with Gasteiger partial charge in [-0.1, -0.05) is 46.2 Å². The van der Waals surface area contributed by atoms with E-state index >= 15 is 0 Å². The highest BCUT2D eigenvalue weighted by atomic mass is 16.4. The number of carbonyl (C=O) groups is 8. The van der Waals surface area contributed by atoms with E-state index in [9.17, 15) is 48.6 Å². The molecule has 3 heterocycles. The van der Waals surface area contributed by atoms with Crippen molar-refractivity contribution in [3.63, 3.8) is 0 Å². The summed E-state index contributed by atoms with van der Waals surface area (Å²) in [7, 11) is 0. The monoisotopic (exact) mass is 866 g/mol. The standard InChI is InChI=1S/C42H62N10O10/c1-5-24(4)35-41(61)49-31(20-26-21-44-22-45-26)42(62)52-18-8-10-32(52)39(59)47-28(9-6-7-17-43)36(56)46-29(15-16-33(54)55)37(57)50-34(23(2)3)40(60)48-30(38(58)51-35)19-25-11-13-27(53)14-12-25/h11-14,21-24,28-32,34-35,53H,5-10,15-20,43H2,1-4H3,(H,44,45)(H,46,56)(H,47,59)(H,48,60)(H,49,61)(H,50,57)(H,51,58)(H,54,55)/t24-,28-,29-,30-,31-,32-,34-,35-/m0/s1. The first-order valence-electron chi connectivity index (χ1n) is 21.3. The van der Waals surface area contributed by atoms with E-state index in [1.54, 1.807) is 32.9 Å². The topological polar surface area (TPSA) is 307 Å². The summed E-state index contributed by atoms with van der Waals surface area (Å²) in [6, 6.07) is -2.86. The summed E-state index contributed by atoms with van der Waals surface area (Å²) in [5.41, 5.74) is 6.77. The van der Waals surface area contributed by atoms with Crippen molar-refractivity contribution < 1.29 is 48.6 Å². The van der Waals surface area contributed by atoms with E-state index in [0.717, 1.165) is 0 Å². The fourth-order valence-corrected chi connectivity index (χ4v) is 7.50. The lowest BCUT2D eigenvalue weighted by Gasteiger charge is -2.32. The molecule has 0 unspecified atom stereocenters. The van der Waals surface area contributed by atoms with E-state index < -0.39 is 108 Å². The Hall–Kier alpha value is -6.05. The van der Waals surface area contributed by atoms with Crippen molar-refractivity contribution in [2.45, 2.75) is 134 Å². The van der Waals surface area contributed by atoms with Crippen molar-refractivity contribution in [1.82, 2.24) is 46.8 Å². The summed E-state index contributed by atoms with van der Waals surface area (Å²) in [6.45, 7) is 7.32. The number of carboxylic acid groups (broad SMARTS) is 1. The van der Waals surface area contributed by atoms with Crippen LogP contribution in [0, 0.1) is 11.8 Å². The van der Waals surface area contributed by atoms with Crippen LogP contribution in [0.3, 0.4) is 0 Å². The number of amides is 7. The van der Waals surface area contributed by atoms with Crippen LogP contribution in [0.15, 0.2) is 36.8 Å². The summed E-state index contributed by atoms with van der Waals surface area (Å²) in [4.78, 5) is 119. The number of fused-ring (bicyclic) bond motifs is 1. The Kier molecular flexibility index (Phi) is 18.2. The molecule has 20 nitrogen and oxygen atoms in total. The van der Waals surface area contributed by atoms with Gasteiger partial charge in [-0.05, 0) is 74.6 Å². The maximum atomic E-state index is 14.5. The first-order valence-corrected chi connectivity index (χ1v) is 21.3. The molecular formula is C42H62N10O10. The number of aromatic hydroxyl groups is 1. The molecule has 2 fully saturated rings. The maximum Gasteiger partial charge on any atom is 0.303 e. The highest BCUT2D eigenvalue weighted by Gasteiger charge is 2.41. The molecule has 7 amide bonds. The Balaban J connectivity index is 1.82. The number of carboxylic acids is 1. The number of hydrogen-bond donors (Lipinski definition) is 10. The number of benzene rings is 1. The van der Waals surface area contributed by atoms with Gasteiger partial charge in [0.05, 0.1) is 6.33 Å². The first kappa shape index (κ1) is 48.6. The second-order valence-corrected chi connectivity index (χ2v) is 16.4. The predicted octanol–water partition coefficient (Wildman–Crippen LogP) is -0.490. The molecule has 2 aromatic rings. The summed E-state index contributed by atoms with van der Waals surface area (Å²) < 4.78 is 0. The van der Waals surface area contributed by atoms with Gasteiger partial charge in [0.15, 0.2) is 0 Å². The van der Waals surface area contributed by atoms with Gasteiger partial charge >= 0.3 is 5.97 Å². The number of phenols is 1. The van der Waals surface area contributed by atoms with Gasteiger partial charge in [-0.2, -0.15) is 0 Å². The van der Waals surface area contributed by atoms with Gasteiger partial charge in [0.25, 0.3) is 0 Å². The zero-order chi connectivity index (χ0) is 45.5. The minimum Gasteiger partial charge on any atom is -0.508 e. The summed E-state index contributed by atoms with van der Waals surface area (Å²) >= 11 is 0. The molecule has 2 aliphatic heterocycles. The zero-order valence-electron chi connectivity index (χ0n) is 35.8. The number of nitrogens with zero attached hydrogens (tertiary/aromatic N) is 2. The average molecular weight is 867 g/mol. The SMILES string of the molecule is CC[C@H](C)[C@@H]1NC(=O)[C@H](Cc2ccc(O)cc2)NC(=O)[C@H](C(C)C)NC(=O)[C@H](CCC(=O)O)NC(=O)[C@H](CCCCN)NC(=O)[C@@H]2CCCN2C(=O)[C@H](Cc2cnc[nH]2)NC1=O. The Morgan fingerprint density at radius 2 is 1.37 bits per heavy atom.